The number of pyridine rings is 1. The van der Waals surface area contributed by atoms with Crippen molar-refractivity contribution in [3.63, 3.8) is 0 Å². The number of sulfone groups is 1. The number of ether oxygens (including phenoxy) is 1. The standard InChI is InChI=1S/C27H21F2N3O3S/c1-2-36(33,34)21-9-7-19(8-10-21)35-20-15-18(13-17-6-11-22(28)23(29)14-17)26-25(16-20)31-27(32-26)24-5-3-4-12-30-24/h3-12,14-16H,2,13H2,1H3,(H,31,32). The van der Waals surface area contributed by atoms with Crippen LogP contribution >= 0.6 is 0 Å². The minimum absolute atomic E-state index is 0.00956. The number of aromatic amines is 1. The molecule has 2 aromatic heterocycles. The van der Waals surface area contributed by atoms with Gasteiger partial charge in [0.05, 0.1) is 21.7 Å². The van der Waals surface area contributed by atoms with E-state index < -0.39 is 21.5 Å². The molecule has 182 valence electrons. The first-order valence-corrected chi connectivity index (χ1v) is 12.9. The van der Waals surface area contributed by atoms with E-state index in [1.165, 1.54) is 18.2 Å². The molecule has 0 aliphatic rings. The molecule has 0 bridgehead atoms. The van der Waals surface area contributed by atoms with Gasteiger partial charge in [0.2, 0.25) is 0 Å². The van der Waals surface area contributed by atoms with E-state index in [4.69, 9.17) is 9.72 Å². The molecule has 6 nitrogen and oxygen atoms in total. The average molecular weight is 506 g/mol. The molecule has 5 aromatic rings. The third-order valence-electron chi connectivity index (χ3n) is 5.72. The fourth-order valence-electron chi connectivity index (χ4n) is 3.87. The molecular weight excluding hydrogens is 484 g/mol. The molecule has 0 fully saturated rings. The zero-order chi connectivity index (χ0) is 25.3. The third kappa shape index (κ3) is 4.83. The number of hydrogen-bond donors (Lipinski definition) is 1. The van der Waals surface area contributed by atoms with Crippen LogP contribution in [0.5, 0.6) is 11.5 Å². The summed E-state index contributed by atoms with van der Waals surface area (Å²) in [4.78, 5) is 12.5. The Bertz CT molecular complexity index is 1650. The summed E-state index contributed by atoms with van der Waals surface area (Å²) in [6.07, 6.45) is 1.95. The predicted molar refractivity (Wildman–Crippen MR) is 133 cm³/mol. The quantitative estimate of drug-likeness (QED) is 0.290. The summed E-state index contributed by atoms with van der Waals surface area (Å²) < 4.78 is 57.5. The van der Waals surface area contributed by atoms with Crippen molar-refractivity contribution < 1.29 is 21.9 Å². The van der Waals surface area contributed by atoms with E-state index in [0.29, 0.717) is 39.6 Å². The summed E-state index contributed by atoms with van der Waals surface area (Å²) in [5, 5.41) is 0. The van der Waals surface area contributed by atoms with Gasteiger partial charge in [-0.05, 0) is 72.1 Å². The van der Waals surface area contributed by atoms with Gasteiger partial charge in [0.25, 0.3) is 0 Å². The highest BCUT2D eigenvalue weighted by atomic mass is 32.2. The van der Waals surface area contributed by atoms with E-state index in [9.17, 15) is 17.2 Å². The van der Waals surface area contributed by atoms with Crippen molar-refractivity contribution in [3.05, 3.63) is 102 Å². The lowest BCUT2D eigenvalue weighted by atomic mass is 10.0. The minimum atomic E-state index is -3.32. The summed E-state index contributed by atoms with van der Waals surface area (Å²) in [5.41, 5.74) is 3.29. The lowest BCUT2D eigenvalue weighted by molar-refractivity contribution is 0.482. The van der Waals surface area contributed by atoms with E-state index >= 15 is 0 Å². The van der Waals surface area contributed by atoms with Gasteiger partial charge in [0.15, 0.2) is 27.3 Å². The number of nitrogens with zero attached hydrogens (tertiary/aromatic N) is 2. The zero-order valence-electron chi connectivity index (χ0n) is 19.2. The van der Waals surface area contributed by atoms with Crippen LogP contribution in [-0.2, 0) is 16.3 Å². The molecule has 2 heterocycles. The van der Waals surface area contributed by atoms with Gasteiger partial charge >= 0.3 is 0 Å². The third-order valence-corrected chi connectivity index (χ3v) is 7.47. The largest absolute Gasteiger partial charge is 0.457 e. The van der Waals surface area contributed by atoms with E-state index in [1.807, 2.05) is 18.2 Å². The van der Waals surface area contributed by atoms with Gasteiger partial charge in [-0.15, -0.1) is 0 Å². The lowest BCUT2D eigenvalue weighted by Crippen LogP contribution is -2.03. The fourth-order valence-corrected chi connectivity index (χ4v) is 4.75. The molecule has 0 amide bonds. The van der Waals surface area contributed by atoms with E-state index in [2.05, 4.69) is 9.97 Å². The maximum absolute atomic E-state index is 13.9. The molecule has 0 unspecified atom stereocenters. The van der Waals surface area contributed by atoms with E-state index in [1.54, 1.807) is 37.4 Å². The van der Waals surface area contributed by atoms with Crippen LogP contribution < -0.4 is 4.74 Å². The number of imidazole rings is 1. The van der Waals surface area contributed by atoms with Crippen molar-refractivity contribution in [3.8, 4) is 23.0 Å². The van der Waals surface area contributed by atoms with Gasteiger partial charge in [-0.3, -0.25) is 4.98 Å². The number of rotatable bonds is 7. The number of benzene rings is 3. The van der Waals surface area contributed by atoms with Gasteiger partial charge in [-0.2, -0.15) is 0 Å². The molecule has 0 aliphatic heterocycles. The summed E-state index contributed by atoms with van der Waals surface area (Å²) >= 11 is 0. The van der Waals surface area contributed by atoms with Gasteiger partial charge in [0.1, 0.15) is 17.2 Å². The topological polar surface area (TPSA) is 84.9 Å². The van der Waals surface area contributed by atoms with Crippen molar-refractivity contribution in [2.45, 2.75) is 18.2 Å². The summed E-state index contributed by atoms with van der Waals surface area (Å²) in [7, 11) is -3.32. The van der Waals surface area contributed by atoms with Crippen molar-refractivity contribution in [1.29, 1.82) is 0 Å². The predicted octanol–water partition coefficient (Wildman–Crippen LogP) is 6.08. The van der Waals surface area contributed by atoms with Crippen LogP contribution in [0.2, 0.25) is 0 Å². The molecular formula is C27H21F2N3O3S. The highest BCUT2D eigenvalue weighted by molar-refractivity contribution is 7.91. The number of H-pyrrole nitrogens is 1. The van der Waals surface area contributed by atoms with E-state index in [-0.39, 0.29) is 17.1 Å². The van der Waals surface area contributed by atoms with Crippen molar-refractivity contribution >= 4 is 20.9 Å². The SMILES string of the molecule is CCS(=O)(=O)c1ccc(Oc2cc(Cc3ccc(F)c(F)c3)c3nc(-c4ccccn4)[nH]c3c2)cc1. The van der Waals surface area contributed by atoms with Gasteiger partial charge in [-0.25, -0.2) is 22.2 Å². The molecule has 9 heteroatoms. The van der Waals surface area contributed by atoms with Crippen LogP contribution in [0.25, 0.3) is 22.6 Å². The first-order valence-electron chi connectivity index (χ1n) is 11.2. The van der Waals surface area contributed by atoms with Gasteiger partial charge < -0.3 is 9.72 Å². The fraction of sp³-hybridized carbons (Fsp3) is 0.111. The number of aromatic nitrogens is 3. The second kappa shape index (κ2) is 9.50. The number of nitrogens with one attached hydrogen (secondary N) is 1. The van der Waals surface area contributed by atoms with Gasteiger partial charge in [-0.1, -0.05) is 19.1 Å². The molecule has 0 atom stereocenters. The van der Waals surface area contributed by atoms with Crippen molar-refractivity contribution in [2.75, 3.05) is 5.75 Å². The first kappa shape index (κ1) is 23.6. The Balaban J connectivity index is 1.55. The summed E-state index contributed by atoms with van der Waals surface area (Å²) in [6.45, 7) is 1.59. The van der Waals surface area contributed by atoms with Gasteiger partial charge in [0, 0.05) is 12.3 Å². The Hall–Kier alpha value is -4.11. The summed E-state index contributed by atoms with van der Waals surface area (Å²) in [5.74, 6) is -0.338. The lowest BCUT2D eigenvalue weighted by Gasteiger charge is -2.10. The Morgan fingerprint density at radius 1 is 0.917 bits per heavy atom. The normalized spacial score (nSPS) is 11.6. The average Bonchev–Trinajstić information content (AvgIpc) is 3.32. The molecule has 0 saturated heterocycles. The summed E-state index contributed by atoms with van der Waals surface area (Å²) in [6, 6.07) is 19.0. The highest BCUT2D eigenvalue weighted by Gasteiger charge is 2.15. The number of hydrogen-bond acceptors (Lipinski definition) is 5. The molecule has 0 aliphatic carbocycles. The Labute approximate surface area is 206 Å². The minimum Gasteiger partial charge on any atom is -0.457 e. The molecule has 3 aromatic carbocycles. The Morgan fingerprint density at radius 2 is 1.72 bits per heavy atom. The first-order chi connectivity index (χ1) is 17.3. The molecule has 5 rings (SSSR count). The zero-order valence-corrected chi connectivity index (χ0v) is 20.0. The molecule has 36 heavy (non-hydrogen) atoms. The van der Waals surface area contributed by atoms with Crippen LogP contribution in [0.4, 0.5) is 8.78 Å². The van der Waals surface area contributed by atoms with Crippen molar-refractivity contribution in [2.24, 2.45) is 0 Å². The monoisotopic (exact) mass is 505 g/mol. The maximum Gasteiger partial charge on any atom is 0.178 e. The van der Waals surface area contributed by atoms with Crippen LogP contribution in [0, 0.1) is 11.6 Å². The van der Waals surface area contributed by atoms with Crippen molar-refractivity contribution in [1.82, 2.24) is 15.0 Å². The van der Waals surface area contributed by atoms with Crippen LogP contribution in [0.15, 0.2) is 83.9 Å². The number of halogens is 2. The Morgan fingerprint density at radius 3 is 2.42 bits per heavy atom. The molecule has 0 spiro atoms. The molecule has 0 radical (unpaired) electrons. The van der Waals surface area contributed by atoms with Crippen LogP contribution in [-0.4, -0.2) is 29.1 Å². The van der Waals surface area contributed by atoms with Crippen LogP contribution in [0.1, 0.15) is 18.1 Å². The Kier molecular flexibility index (Phi) is 6.24. The number of fused-ring (bicyclic) bond motifs is 1. The second-order valence-corrected chi connectivity index (χ2v) is 10.5. The maximum atomic E-state index is 13.9. The molecule has 0 saturated carbocycles. The van der Waals surface area contributed by atoms with Crippen LogP contribution in [0.3, 0.4) is 0 Å². The molecule has 1 N–H and O–H groups in total. The second-order valence-electron chi connectivity index (χ2n) is 8.18. The van der Waals surface area contributed by atoms with E-state index in [0.717, 1.165) is 17.7 Å². The smallest absolute Gasteiger partial charge is 0.178 e. The highest BCUT2D eigenvalue weighted by Crippen LogP contribution is 2.31.